The molecule has 0 fully saturated rings. The Morgan fingerprint density at radius 3 is 2.62 bits per heavy atom. The van der Waals surface area contributed by atoms with E-state index in [9.17, 15) is 9.18 Å². The Morgan fingerprint density at radius 1 is 1.54 bits per heavy atom. The summed E-state index contributed by atoms with van der Waals surface area (Å²) in [4.78, 5) is 11.0. The standard InChI is InChI=1S/C10H10BrFO/c1-6-3-4-8(9(12)5-6)10(13)7(2)11/h3-5,7H,1-2H3. The summed E-state index contributed by atoms with van der Waals surface area (Å²) in [5, 5.41) is 0. The maximum Gasteiger partial charge on any atom is 0.179 e. The quantitative estimate of drug-likeness (QED) is 0.578. The molecule has 0 radical (unpaired) electrons. The van der Waals surface area contributed by atoms with Crippen LogP contribution in [0.2, 0.25) is 0 Å². The molecule has 13 heavy (non-hydrogen) atoms. The third-order valence-electron chi connectivity index (χ3n) is 1.75. The molecule has 1 nitrogen and oxygen atoms in total. The number of alkyl halides is 1. The molecule has 1 unspecified atom stereocenters. The van der Waals surface area contributed by atoms with Crippen LogP contribution in [0.4, 0.5) is 4.39 Å². The lowest BCUT2D eigenvalue weighted by Crippen LogP contribution is -2.11. The molecule has 0 bridgehead atoms. The second kappa shape index (κ2) is 4.01. The molecule has 70 valence electrons. The van der Waals surface area contributed by atoms with E-state index in [0.29, 0.717) is 0 Å². The molecule has 0 spiro atoms. The number of hydrogen-bond acceptors (Lipinski definition) is 1. The van der Waals surface area contributed by atoms with E-state index in [4.69, 9.17) is 0 Å². The van der Waals surface area contributed by atoms with E-state index in [1.165, 1.54) is 12.1 Å². The monoisotopic (exact) mass is 244 g/mol. The minimum atomic E-state index is -0.448. The second-order valence-electron chi connectivity index (χ2n) is 2.96. The van der Waals surface area contributed by atoms with E-state index in [-0.39, 0.29) is 16.2 Å². The fourth-order valence-corrected chi connectivity index (χ4v) is 1.28. The third-order valence-corrected chi connectivity index (χ3v) is 2.17. The zero-order valence-electron chi connectivity index (χ0n) is 7.47. The predicted molar refractivity (Wildman–Crippen MR) is 53.9 cm³/mol. The summed E-state index contributed by atoms with van der Waals surface area (Å²) in [7, 11) is 0. The van der Waals surface area contributed by atoms with Crippen molar-refractivity contribution < 1.29 is 9.18 Å². The van der Waals surface area contributed by atoms with Crippen molar-refractivity contribution in [2.75, 3.05) is 0 Å². The van der Waals surface area contributed by atoms with Gasteiger partial charge in [-0.25, -0.2) is 4.39 Å². The van der Waals surface area contributed by atoms with Gasteiger partial charge in [-0.1, -0.05) is 22.0 Å². The molecule has 0 amide bonds. The van der Waals surface area contributed by atoms with Crippen LogP contribution in [0, 0.1) is 12.7 Å². The van der Waals surface area contributed by atoms with Crippen LogP contribution in [0.15, 0.2) is 18.2 Å². The zero-order valence-corrected chi connectivity index (χ0v) is 9.06. The average Bonchev–Trinajstić information content (AvgIpc) is 2.03. The van der Waals surface area contributed by atoms with Crippen LogP contribution in [0.25, 0.3) is 0 Å². The number of benzene rings is 1. The Kier molecular flexibility index (Phi) is 3.20. The molecule has 1 atom stereocenters. The average molecular weight is 245 g/mol. The summed E-state index contributed by atoms with van der Waals surface area (Å²) in [6.45, 7) is 3.47. The van der Waals surface area contributed by atoms with Gasteiger partial charge in [-0.2, -0.15) is 0 Å². The number of Topliss-reactive ketones (excluding diaryl/α,β-unsaturated/α-hetero) is 1. The molecule has 1 rings (SSSR count). The van der Waals surface area contributed by atoms with Gasteiger partial charge in [-0.15, -0.1) is 0 Å². The van der Waals surface area contributed by atoms with E-state index in [1.54, 1.807) is 19.9 Å². The van der Waals surface area contributed by atoms with Crippen molar-refractivity contribution in [3.63, 3.8) is 0 Å². The van der Waals surface area contributed by atoms with Gasteiger partial charge in [-0.3, -0.25) is 4.79 Å². The number of ketones is 1. The first-order valence-corrected chi connectivity index (χ1v) is 4.88. The van der Waals surface area contributed by atoms with E-state index < -0.39 is 5.82 Å². The summed E-state index contributed by atoms with van der Waals surface area (Å²) in [5.74, 6) is -0.672. The van der Waals surface area contributed by atoms with Gasteiger partial charge in [0.2, 0.25) is 0 Å². The van der Waals surface area contributed by atoms with Crippen LogP contribution in [0.5, 0.6) is 0 Å². The van der Waals surface area contributed by atoms with Crippen molar-refractivity contribution in [3.8, 4) is 0 Å². The summed E-state index contributed by atoms with van der Waals surface area (Å²) in [6.07, 6.45) is 0. The first kappa shape index (κ1) is 10.4. The molecule has 0 heterocycles. The highest BCUT2D eigenvalue weighted by atomic mass is 79.9. The molecule has 0 N–H and O–H groups in total. The Hall–Kier alpha value is -0.700. The molecular weight excluding hydrogens is 235 g/mol. The van der Waals surface area contributed by atoms with Crippen LogP contribution in [-0.2, 0) is 0 Å². The van der Waals surface area contributed by atoms with Gasteiger partial charge < -0.3 is 0 Å². The van der Waals surface area contributed by atoms with Crippen LogP contribution < -0.4 is 0 Å². The van der Waals surface area contributed by atoms with Crippen molar-refractivity contribution in [1.29, 1.82) is 0 Å². The SMILES string of the molecule is Cc1ccc(C(=O)C(C)Br)c(F)c1. The molecule has 0 aliphatic rings. The van der Waals surface area contributed by atoms with E-state index in [1.807, 2.05) is 0 Å². The van der Waals surface area contributed by atoms with Crippen molar-refractivity contribution in [3.05, 3.63) is 35.1 Å². The van der Waals surface area contributed by atoms with Crippen molar-refractivity contribution in [2.24, 2.45) is 0 Å². The molecule has 1 aromatic carbocycles. The highest BCUT2D eigenvalue weighted by Gasteiger charge is 2.15. The molecule has 0 aliphatic carbocycles. The molecule has 1 aromatic rings. The number of rotatable bonds is 2. The van der Waals surface area contributed by atoms with E-state index in [0.717, 1.165) is 5.56 Å². The first-order chi connectivity index (χ1) is 6.02. The topological polar surface area (TPSA) is 17.1 Å². The smallest absolute Gasteiger partial charge is 0.179 e. The van der Waals surface area contributed by atoms with Crippen LogP contribution in [0.3, 0.4) is 0 Å². The minimum absolute atomic E-state index is 0.148. The van der Waals surface area contributed by atoms with Gasteiger partial charge in [0.05, 0.1) is 10.4 Å². The Balaban J connectivity index is 3.09. The van der Waals surface area contributed by atoms with Gasteiger partial charge in [0.25, 0.3) is 0 Å². The number of halogens is 2. The summed E-state index contributed by atoms with van der Waals surface area (Å²) < 4.78 is 13.2. The fourth-order valence-electron chi connectivity index (χ4n) is 1.03. The zero-order chi connectivity index (χ0) is 10.0. The number of carbonyl (C=O) groups is 1. The maximum atomic E-state index is 13.2. The fraction of sp³-hybridized carbons (Fsp3) is 0.300. The van der Waals surface area contributed by atoms with Crippen LogP contribution in [0.1, 0.15) is 22.8 Å². The van der Waals surface area contributed by atoms with Crippen LogP contribution in [-0.4, -0.2) is 10.6 Å². The summed E-state index contributed by atoms with van der Waals surface area (Å²) >= 11 is 3.11. The Labute approximate surface area is 85.1 Å². The lowest BCUT2D eigenvalue weighted by molar-refractivity contribution is 0.0992. The van der Waals surface area contributed by atoms with E-state index >= 15 is 0 Å². The number of aryl methyl sites for hydroxylation is 1. The van der Waals surface area contributed by atoms with Crippen molar-refractivity contribution >= 4 is 21.7 Å². The molecular formula is C10H10BrFO. The number of hydrogen-bond donors (Lipinski definition) is 0. The van der Waals surface area contributed by atoms with Gasteiger partial charge in [0.1, 0.15) is 5.82 Å². The van der Waals surface area contributed by atoms with Crippen molar-refractivity contribution in [2.45, 2.75) is 18.7 Å². The van der Waals surface area contributed by atoms with Gasteiger partial charge in [0, 0.05) is 0 Å². The summed E-state index contributed by atoms with van der Waals surface area (Å²) in [6, 6.07) is 4.61. The largest absolute Gasteiger partial charge is 0.293 e. The highest BCUT2D eigenvalue weighted by Crippen LogP contribution is 2.14. The second-order valence-corrected chi connectivity index (χ2v) is 4.34. The van der Waals surface area contributed by atoms with Gasteiger partial charge in [0.15, 0.2) is 5.78 Å². The predicted octanol–water partition coefficient (Wildman–Crippen LogP) is 3.10. The lowest BCUT2D eigenvalue weighted by atomic mass is 10.1. The Bertz CT molecular complexity index is 334. The van der Waals surface area contributed by atoms with Crippen molar-refractivity contribution in [1.82, 2.24) is 0 Å². The molecule has 0 aromatic heterocycles. The molecule has 0 aliphatic heterocycles. The first-order valence-electron chi connectivity index (χ1n) is 3.97. The van der Waals surface area contributed by atoms with E-state index in [2.05, 4.69) is 15.9 Å². The third kappa shape index (κ3) is 2.37. The minimum Gasteiger partial charge on any atom is -0.293 e. The number of carbonyl (C=O) groups excluding carboxylic acids is 1. The molecule has 3 heteroatoms. The Morgan fingerprint density at radius 2 is 2.15 bits per heavy atom. The van der Waals surface area contributed by atoms with Gasteiger partial charge in [-0.05, 0) is 31.5 Å². The highest BCUT2D eigenvalue weighted by molar-refractivity contribution is 9.10. The molecule has 0 saturated heterocycles. The molecule has 0 saturated carbocycles. The van der Waals surface area contributed by atoms with Gasteiger partial charge >= 0.3 is 0 Å². The lowest BCUT2D eigenvalue weighted by Gasteiger charge is -2.04. The summed E-state index contributed by atoms with van der Waals surface area (Å²) in [5.41, 5.74) is 0.964. The normalized spacial score (nSPS) is 12.6. The van der Waals surface area contributed by atoms with Crippen LogP contribution >= 0.6 is 15.9 Å². The maximum absolute atomic E-state index is 13.2.